The van der Waals surface area contributed by atoms with E-state index in [2.05, 4.69) is 15.8 Å². The van der Waals surface area contributed by atoms with E-state index in [1.807, 2.05) is 0 Å². The number of fused-ring (bicyclic) bond motifs is 3. The Morgan fingerprint density at radius 2 is 1.68 bits per heavy atom. The van der Waals surface area contributed by atoms with Gasteiger partial charge in [0.2, 0.25) is 17.5 Å². The Kier molecular flexibility index (Phi) is 8.63. The number of esters is 1. The van der Waals surface area contributed by atoms with Crippen molar-refractivity contribution in [2.75, 3.05) is 39.1 Å². The highest BCUT2D eigenvalue weighted by molar-refractivity contribution is 6.37. The van der Waals surface area contributed by atoms with E-state index in [0.717, 1.165) is 0 Å². The lowest BCUT2D eigenvalue weighted by atomic mass is 10.1. The standard InChI is InChI=1S/C31H29ClN4O8/c1-16(31(39)43-5)33-29-26-27(35-44-29)25-20(32)10-7-11-21(25)36(30(26)38)19-9-6-8-17(12-19)13-24(37)34-18-14-22(40-2)28(42-4)23(15-18)41-3/h6-12,14-16,33H,13H2,1-5H3,(H,34,37). The van der Waals surface area contributed by atoms with Gasteiger partial charge < -0.3 is 34.1 Å². The smallest absolute Gasteiger partial charge is 0.328 e. The lowest BCUT2D eigenvalue weighted by Gasteiger charge is -2.15. The predicted octanol–water partition coefficient (Wildman–Crippen LogP) is 4.97. The van der Waals surface area contributed by atoms with Crippen molar-refractivity contribution in [3.05, 3.63) is 75.5 Å². The Balaban J connectivity index is 1.54. The minimum Gasteiger partial charge on any atom is -0.493 e. The number of halogens is 1. The van der Waals surface area contributed by atoms with Crippen molar-refractivity contribution in [2.24, 2.45) is 0 Å². The van der Waals surface area contributed by atoms with Gasteiger partial charge in [0.05, 0.1) is 45.4 Å². The van der Waals surface area contributed by atoms with Crippen LogP contribution in [0.1, 0.15) is 12.5 Å². The highest BCUT2D eigenvalue weighted by Crippen LogP contribution is 2.40. The number of nitrogens with one attached hydrogen (secondary N) is 2. The van der Waals surface area contributed by atoms with Gasteiger partial charge in [-0.25, -0.2) is 4.79 Å². The molecule has 1 atom stereocenters. The fraction of sp³-hybridized carbons (Fsp3) is 0.226. The first-order valence-electron chi connectivity index (χ1n) is 13.4. The first-order valence-corrected chi connectivity index (χ1v) is 13.7. The lowest BCUT2D eigenvalue weighted by Crippen LogP contribution is -2.28. The van der Waals surface area contributed by atoms with E-state index in [-0.39, 0.29) is 29.1 Å². The molecule has 0 saturated heterocycles. The summed E-state index contributed by atoms with van der Waals surface area (Å²) in [4.78, 5) is 39.2. The second kappa shape index (κ2) is 12.6. The van der Waals surface area contributed by atoms with E-state index < -0.39 is 17.6 Å². The van der Waals surface area contributed by atoms with Gasteiger partial charge in [0, 0.05) is 28.9 Å². The van der Waals surface area contributed by atoms with Crippen LogP contribution < -0.4 is 30.4 Å². The van der Waals surface area contributed by atoms with E-state index >= 15 is 0 Å². The Morgan fingerprint density at radius 3 is 2.34 bits per heavy atom. The number of hydrogen-bond acceptors (Lipinski definition) is 10. The maximum atomic E-state index is 14.1. The first-order chi connectivity index (χ1) is 21.2. The third-order valence-corrected chi connectivity index (χ3v) is 7.28. The third-order valence-electron chi connectivity index (χ3n) is 6.96. The van der Waals surface area contributed by atoms with Crippen molar-refractivity contribution in [1.29, 1.82) is 0 Å². The predicted molar refractivity (Wildman–Crippen MR) is 166 cm³/mol. The van der Waals surface area contributed by atoms with Gasteiger partial charge in [0.1, 0.15) is 16.9 Å². The van der Waals surface area contributed by atoms with Crippen LogP contribution in [0.3, 0.4) is 0 Å². The minimum atomic E-state index is -0.821. The highest BCUT2D eigenvalue weighted by atomic mass is 35.5. The molecule has 2 aromatic heterocycles. The molecule has 1 amide bonds. The van der Waals surface area contributed by atoms with Gasteiger partial charge in [-0.2, -0.15) is 0 Å². The van der Waals surface area contributed by atoms with Crippen LogP contribution in [-0.4, -0.2) is 56.1 Å². The van der Waals surface area contributed by atoms with Crippen molar-refractivity contribution >= 4 is 56.9 Å². The summed E-state index contributed by atoms with van der Waals surface area (Å²) in [6, 6.07) is 14.6. The van der Waals surface area contributed by atoms with Gasteiger partial charge in [0.15, 0.2) is 11.5 Å². The van der Waals surface area contributed by atoms with E-state index in [9.17, 15) is 14.4 Å². The topological polar surface area (TPSA) is 143 Å². The number of rotatable bonds is 10. The molecule has 0 bridgehead atoms. The minimum absolute atomic E-state index is 0.000602. The number of nitrogens with zero attached hydrogens (tertiary/aromatic N) is 2. The summed E-state index contributed by atoms with van der Waals surface area (Å²) in [6.45, 7) is 1.57. The van der Waals surface area contributed by atoms with Crippen molar-refractivity contribution in [3.63, 3.8) is 0 Å². The normalized spacial score (nSPS) is 11.7. The van der Waals surface area contributed by atoms with Crippen LogP contribution in [-0.2, 0) is 20.7 Å². The number of ether oxygens (including phenoxy) is 4. The lowest BCUT2D eigenvalue weighted by molar-refractivity contribution is -0.141. The number of benzene rings is 3. The van der Waals surface area contributed by atoms with Crippen molar-refractivity contribution in [2.45, 2.75) is 19.4 Å². The SMILES string of the molecule is COC(=O)C(C)Nc1onc2c1c(=O)n(-c1cccc(CC(=O)Nc3cc(OC)c(OC)c(OC)c3)c1)c1cccc(Cl)c21. The van der Waals surface area contributed by atoms with Gasteiger partial charge in [-0.05, 0) is 36.8 Å². The van der Waals surface area contributed by atoms with Gasteiger partial charge in [0.25, 0.3) is 5.56 Å². The molecule has 0 aliphatic heterocycles. The van der Waals surface area contributed by atoms with Crippen molar-refractivity contribution in [3.8, 4) is 22.9 Å². The highest BCUT2D eigenvalue weighted by Gasteiger charge is 2.24. The third kappa shape index (κ3) is 5.59. The van der Waals surface area contributed by atoms with Gasteiger partial charge in [-0.1, -0.05) is 35.0 Å². The Labute approximate surface area is 256 Å². The Bertz CT molecular complexity index is 1930. The van der Waals surface area contributed by atoms with E-state index in [1.54, 1.807) is 61.5 Å². The number of pyridine rings is 1. The number of aromatic nitrogens is 2. The van der Waals surface area contributed by atoms with Crippen LogP contribution >= 0.6 is 11.6 Å². The molecule has 5 rings (SSSR count). The molecule has 0 saturated carbocycles. The molecule has 228 valence electrons. The van der Waals surface area contributed by atoms with E-state index in [4.69, 9.17) is 35.1 Å². The van der Waals surface area contributed by atoms with Crippen LogP contribution in [0.2, 0.25) is 5.02 Å². The number of anilines is 2. The molecule has 5 aromatic rings. The summed E-state index contributed by atoms with van der Waals surface area (Å²) in [5.41, 5.74) is 1.83. The molecule has 0 aliphatic carbocycles. The van der Waals surface area contributed by atoms with Crippen molar-refractivity contribution < 1.29 is 33.1 Å². The van der Waals surface area contributed by atoms with Crippen molar-refractivity contribution in [1.82, 2.24) is 9.72 Å². The van der Waals surface area contributed by atoms with Gasteiger partial charge in [-0.3, -0.25) is 14.2 Å². The molecule has 0 spiro atoms. The van der Waals surface area contributed by atoms with Crippen LogP contribution in [0.15, 0.2) is 63.9 Å². The van der Waals surface area contributed by atoms with E-state index in [0.29, 0.717) is 50.1 Å². The molecule has 3 aromatic carbocycles. The largest absolute Gasteiger partial charge is 0.493 e. The second-order valence-corrected chi connectivity index (χ2v) is 10.1. The average molecular weight is 621 g/mol. The van der Waals surface area contributed by atoms with Crippen LogP contribution in [0.4, 0.5) is 11.6 Å². The molecule has 0 radical (unpaired) electrons. The molecule has 13 heteroatoms. The first kappa shape index (κ1) is 30.2. The molecule has 1 unspecified atom stereocenters. The summed E-state index contributed by atoms with van der Waals surface area (Å²) in [5, 5.41) is 10.8. The van der Waals surface area contributed by atoms with Crippen LogP contribution in [0.5, 0.6) is 17.2 Å². The average Bonchev–Trinajstić information content (AvgIpc) is 3.43. The number of methoxy groups -OCH3 is 4. The molecule has 44 heavy (non-hydrogen) atoms. The summed E-state index contributed by atoms with van der Waals surface area (Å²) in [6.07, 6.45) is -0.00308. The maximum absolute atomic E-state index is 14.1. The van der Waals surface area contributed by atoms with E-state index in [1.165, 1.54) is 33.0 Å². The molecule has 0 aliphatic rings. The summed E-state index contributed by atoms with van der Waals surface area (Å²) in [5.74, 6) is 0.336. The van der Waals surface area contributed by atoms with Gasteiger partial charge >= 0.3 is 5.97 Å². The maximum Gasteiger partial charge on any atom is 0.328 e. The number of carbonyl (C=O) groups excluding carboxylic acids is 2. The fourth-order valence-electron chi connectivity index (χ4n) is 4.95. The molecule has 12 nitrogen and oxygen atoms in total. The number of amides is 1. The molecular formula is C31H29ClN4O8. The summed E-state index contributed by atoms with van der Waals surface area (Å²) in [7, 11) is 5.73. The van der Waals surface area contributed by atoms with Crippen LogP contribution in [0.25, 0.3) is 27.5 Å². The molecule has 2 N–H and O–H groups in total. The Hall–Kier alpha value is -5.23. The monoisotopic (exact) mass is 620 g/mol. The molecule has 0 fully saturated rings. The number of hydrogen-bond donors (Lipinski definition) is 2. The second-order valence-electron chi connectivity index (χ2n) is 9.71. The van der Waals surface area contributed by atoms with Crippen LogP contribution in [0, 0.1) is 0 Å². The Morgan fingerprint density at radius 1 is 0.977 bits per heavy atom. The zero-order valence-electron chi connectivity index (χ0n) is 24.5. The fourth-order valence-corrected chi connectivity index (χ4v) is 5.21. The van der Waals surface area contributed by atoms with Gasteiger partial charge in [-0.15, -0.1) is 0 Å². The summed E-state index contributed by atoms with van der Waals surface area (Å²) >= 11 is 6.60. The molecular weight excluding hydrogens is 592 g/mol. The quantitative estimate of drug-likeness (QED) is 0.206. The summed E-state index contributed by atoms with van der Waals surface area (Å²) < 4.78 is 27.8. The number of carbonyl (C=O) groups is 2. The zero-order chi connectivity index (χ0) is 31.5. The zero-order valence-corrected chi connectivity index (χ0v) is 25.3. The molecule has 2 heterocycles.